The predicted octanol–water partition coefficient (Wildman–Crippen LogP) is 2.94. The van der Waals surface area contributed by atoms with Crippen LogP contribution in [0, 0.1) is 22.7 Å². The number of ether oxygens (including phenoxy) is 2. The van der Waals surface area contributed by atoms with Crippen LogP contribution in [-0.2, 0) is 14.3 Å². The standard InChI is InChI=1S/C21H32O5/c1-11-8-13(22)12-9-15-20(4,26-18(12)25-11)7-6-14-19(2,3)16(23)10-17(24)21(14,15)5/h11,14-17,23-24H,6-10H2,1-5H3/t11-,14-,15-,16-,17+,20-,21-/m1/s1. The molecule has 5 heteroatoms. The summed E-state index contributed by atoms with van der Waals surface area (Å²) in [6.07, 6.45) is 1.80. The summed E-state index contributed by atoms with van der Waals surface area (Å²) in [5.41, 5.74) is -0.479. The van der Waals surface area contributed by atoms with E-state index >= 15 is 0 Å². The molecule has 26 heavy (non-hydrogen) atoms. The topological polar surface area (TPSA) is 76.0 Å². The largest absolute Gasteiger partial charge is 0.462 e. The number of carbonyl (C=O) groups is 1. The molecule has 7 atom stereocenters. The second kappa shape index (κ2) is 5.48. The zero-order valence-corrected chi connectivity index (χ0v) is 16.5. The van der Waals surface area contributed by atoms with Gasteiger partial charge in [0, 0.05) is 24.2 Å². The zero-order valence-electron chi connectivity index (χ0n) is 16.5. The summed E-state index contributed by atoms with van der Waals surface area (Å²) in [4.78, 5) is 12.6. The Morgan fingerprint density at radius 1 is 1.04 bits per heavy atom. The first-order valence-electron chi connectivity index (χ1n) is 9.98. The van der Waals surface area contributed by atoms with E-state index in [9.17, 15) is 15.0 Å². The van der Waals surface area contributed by atoms with Gasteiger partial charge in [-0.05, 0) is 44.4 Å². The fraction of sp³-hybridized carbons (Fsp3) is 0.857. The summed E-state index contributed by atoms with van der Waals surface area (Å²) in [5.74, 6) is 0.724. The monoisotopic (exact) mass is 364 g/mol. The van der Waals surface area contributed by atoms with Gasteiger partial charge < -0.3 is 19.7 Å². The third-order valence-corrected chi connectivity index (χ3v) is 8.19. The average Bonchev–Trinajstić information content (AvgIpc) is 2.51. The summed E-state index contributed by atoms with van der Waals surface area (Å²) in [5, 5.41) is 21.7. The van der Waals surface area contributed by atoms with Crippen LogP contribution in [0.1, 0.15) is 66.7 Å². The summed E-state index contributed by atoms with van der Waals surface area (Å²) in [7, 11) is 0. The van der Waals surface area contributed by atoms with Crippen molar-refractivity contribution in [3.05, 3.63) is 11.5 Å². The number of allylic oxidation sites excluding steroid dienone is 1. The molecule has 0 radical (unpaired) electrons. The third kappa shape index (κ3) is 2.26. The number of rotatable bonds is 0. The number of aliphatic hydroxyl groups is 2. The maximum atomic E-state index is 12.6. The van der Waals surface area contributed by atoms with Crippen molar-refractivity contribution in [1.82, 2.24) is 0 Å². The molecule has 146 valence electrons. The fourth-order valence-electron chi connectivity index (χ4n) is 6.51. The highest BCUT2D eigenvalue weighted by Gasteiger charge is 2.66. The lowest BCUT2D eigenvalue weighted by atomic mass is 9.43. The SMILES string of the molecule is C[C@@H]1CC(=O)C2=C(O1)O[C@]1(C)CC[C@@H]3C(C)(C)[C@H](O)C[C@H](O)[C@@]3(C)[C@@H]1C2. The van der Waals surface area contributed by atoms with E-state index in [1.54, 1.807) is 0 Å². The molecule has 0 aromatic rings. The van der Waals surface area contributed by atoms with E-state index in [0.717, 1.165) is 12.8 Å². The van der Waals surface area contributed by atoms with Crippen molar-refractivity contribution in [2.24, 2.45) is 22.7 Å². The van der Waals surface area contributed by atoms with E-state index in [1.165, 1.54) is 0 Å². The highest BCUT2D eigenvalue weighted by Crippen LogP contribution is 2.65. The van der Waals surface area contributed by atoms with Crippen molar-refractivity contribution in [3.63, 3.8) is 0 Å². The van der Waals surface area contributed by atoms with Gasteiger partial charge in [0.2, 0.25) is 0 Å². The van der Waals surface area contributed by atoms with Gasteiger partial charge in [0.15, 0.2) is 5.78 Å². The van der Waals surface area contributed by atoms with E-state index in [2.05, 4.69) is 27.7 Å². The first-order valence-corrected chi connectivity index (χ1v) is 9.98. The number of fused-ring (bicyclic) bond motifs is 3. The van der Waals surface area contributed by atoms with E-state index < -0.39 is 23.2 Å². The van der Waals surface area contributed by atoms with E-state index in [-0.39, 0.29) is 29.1 Å². The molecule has 5 nitrogen and oxygen atoms in total. The summed E-state index contributed by atoms with van der Waals surface area (Å²) in [6, 6.07) is 0. The van der Waals surface area contributed by atoms with Gasteiger partial charge in [-0.2, -0.15) is 0 Å². The summed E-state index contributed by atoms with van der Waals surface area (Å²) >= 11 is 0. The Hall–Kier alpha value is -1.07. The van der Waals surface area contributed by atoms with E-state index in [0.29, 0.717) is 30.8 Å². The number of carbonyl (C=O) groups excluding carboxylic acids is 1. The van der Waals surface area contributed by atoms with Gasteiger partial charge in [0.25, 0.3) is 5.95 Å². The van der Waals surface area contributed by atoms with Gasteiger partial charge in [-0.1, -0.05) is 20.8 Å². The lowest BCUT2D eigenvalue weighted by molar-refractivity contribution is -0.258. The molecule has 2 heterocycles. The van der Waals surface area contributed by atoms with Crippen molar-refractivity contribution >= 4 is 5.78 Å². The molecule has 0 saturated heterocycles. The molecular weight excluding hydrogens is 332 g/mol. The molecular formula is C21H32O5. The van der Waals surface area contributed by atoms with Crippen LogP contribution in [0.2, 0.25) is 0 Å². The normalized spacial score (nSPS) is 50.1. The molecule has 2 saturated carbocycles. The second-order valence-corrected chi connectivity index (χ2v) is 10.0. The highest BCUT2D eigenvalue weighted by atomic mass is 16.7. The van der Waals surface area contributed by atoms with Crippen molar-refractivity contribution in [1.29, 1.82) is 0 Å². The molecule has 0 unspecified atom stereocenters. The van der Waals surface area contributed by atoms with Gasteiger partial charge in [0.05, 0.1) is 17.8 Å². The molecule has 0 amide bonds. The Morgan fingerprint density at radius 3 is 2.42 bits per heavy atom. The molecule has 2 fully saturated rings. The predicted molar refractivity (Wildman–Crippen MR) is 96.0 cm³/mol. The molecule has 2 N–H and O–H groups in total. The van der Waals surface area contributed by atoms with E-state index in [4.69, 9.17) is 9.47 Å². The van der Waals surface area contributed by atoms with Crippen LogP contribution in [0.25, 0.3) is 0 Å². The number of hydrogen-bond acceptors (Lipinski definition) is 5. The second-order valence-electron chi connectivity index (χ2n) is 10.0. The number of ketones is 1. The molecule has 2 aliphatic heterocycles. The molecule has 4 rings (SSSR count). The van der Waals surface area contributed by atoms with Crippen LogP contribution < -0.4 is 0 Å². The molecule has 2 aliphatic carbocycles. The van der Waals surface area contributed by atoms with Gasteiger partial charge >= 0.3 is 0 Å². The van der Waals surface area contributed by atoms with E-state index in [1.807, 2.05) is 6.92 Å². The smallest absolute Gasteiger partial charge is 0.286 e. The van der Waals surface area contributed by atoms with Crippen LogP contribution >= 0.6 is 0 Å². The molecule has 0 spiro atoms. The first kappa shape index (κ1) is 18.3. The molecule has 0 bridgehead atoms. The average molecular weight is 364 g/mol. The van der Waals surface area contributed by atoms with Crippen LogP contribution in [-0.4, -0.2) is 39.9 Å². The maximum Gasteiger partial charge on any atom is 0.286 e. The maximum absolute atomic E-state index is 12.6. The van der Waals surface area contributed by atoms with Gasteiger partial charge in [-0.25, -0.2) is 0 Å². The summed E-state index contributed by atoms with van der Waals surface area (Å²) < 4.78 is 12.2. The van der Waals surface area contributed by atoms with Crippen molar-refractivity contribution in [2.45, 2.75) is 90.6 Å². The van der Waals surface area contributed by atoms with Gasteiger partial charge in [-0.15, -0.1) is 0 Å². The lowest BCUT2D eigenvalue weighted by Crippen LogP contribution is -2.67. The van der Waals surface area contributed by atoms with Crippen LogP contribution in [0.15, 0.2) is 11.5 Å². The zero-order chi connectivity index (χ0) is 19.1. The quantitative estimate of drug-likeness (QED) is 0.691. The minimum atomic E-state index is -0.607. The lowest BCUT2D eigenvalue weighted by Gasteiger charge is -2.65. The van der Waals surface area contributed by atoms with Crippen molar-refractivity contribution in [3.8, 4) is 0 Å². The molecule has 0 aromatic carbocycles. The Kier molecular flexibility index (Phi) is 3.86. The first-order chi connectivity index (χ1) is 12.0. The Morgan fingerprint density at radius 2 is 1.73 bits per heavy atom. The van der Waals surface area contributed by atoms with Gasteiger partial charge in [-0.3, -0.25) is 4.79 Å². The Balaban J connectivity index is 1.78. The number of aliphatic hydroxyl groups excluding tert-OH is 2. The minimum absolute atomic E-state index is 0.0234. The van der Waals surface area contributed by atoms with Crippen molar-refractivity contribution in [2.75, 3.05) is 0 Å². The third-order valence-electron chi connectivity index (χ3n) is 8.19. The van der Waals surface area contributed by atoms with Crippen LogP contribution in [0.3, 0.4) is 0 Å². The highest BCUT2D eigenvalue weighted by molar-refractivity contribution is 5.96. The minimum Gasteiger partial charge on any atom is -0.462 e. The number of hydrogen-bond donors (Lipinski definition) is 2. The molecule has 0 aromatic heterocycles. The number of Topliss-reactive ketones (excluding diaryl/α,β-unsaturated/α-hetero) is 1. The Bertz CT molecular complexity index is 667. The van der Waals surface area contributed by atoms with Gasteiger partial charge in [0.1, 0.15) is 11.7 Å². The van der Waals surface area contributed by atoms with Crippen molar-refractivity contribution < 1.29 is 24.5 Å². The summed E-state index contributed by atoms with van der Waals surface area (Å²) in [6.45, 7) is 10.4. The fourth-order valence-corrected chi connectivity index (χ4v) is 6.51. The van der Waals surface area contributed by atoms with Crippen LogP contribution in [0.5, 0.6) is 0 Å². The molecule has 4 aliphatic rings. The Labute approximate surface area is 155 Å². The van der Waals surface area contributed by atoms with Crippen LogP contribution in [0.4, 0.5) is 0 Å².